The smallest absolute Gasteiger partial charge is 0.312 e. The van der Waals surface area contributed by atoms with Gasteiger partial charge in [-0.1, -0.05) is 11.6 Å². The van der Waals surface area contributed by atoms with Gasteiger partial charge in [0.2, 0.25) is 5.75 Å². The van der Waals surface area contributed by atoms with Crippen molar-refractivity contribution in [1.82, 2.24) is 9.66 Å². The maximum atomic E-state index is 12.4. The molecule has 0 unspecified atom stereocenters. The molecule has 1 N–H and O–H groups in total. The molecule has 0 bridgehead atoms. The van der Waals surface area contributed by atoms with Crippen LogP contribution in [-0.2, 0) is 0 Å². The average molecular weight is 365 g/mol. The summed E-state index contributed by atoms with van der Waals surface area (Å²) in [5.74, 6) is -0.231. The zero-order valence-corrected chi connectivity index (χ0v) is 13.7. The lowest BCUT2D eigenvalue weighted by Crippen LogP contribution is -2.19. The predicted octanol–water partition coefficient (Wildman–Crippen LogP) is 2.92. The lowest BCUT2D eigenvalue weighted by molar-refractivity contribution is -0.385. The number of hydrogen-bond acceptors (Lipinski definition) is 7. The van der Waals surface area contributed by atoms with Gasteiger partial charge in [-0.2, -0.15) is 9.78 Å². The highest BCUT2D eigenvalue weighted by Crippen LogP contribution is 2.32. The van der Waals surface area contributed by atoms with Crippen LogP contribution in [0.25, 0.3) is 10.2 Å². The minimum absolute atomic E-state index is 0.0194. The zero-order chi connectivity index (χ0) is 17.4. The summed E-state index contributed by atoms with van der Waals surface area (Å²) in [7, 11) is 0. The first kappa shape index (κ1) is 16.1. The van der Waals surface area contributed by atoms with Crippen LogP contribution in [0, 0.1) is 17.0 Å². The Bertz CT molecular complexity index is 1060. The molecule has 0 atom stereocenters. The number of aryl methyl sites for hydroxylation is 1. The van der Waals surface area contributed by atoms with Crippen molar-refractivity contribution >= 4 is 45.1 Å². The number of halogens is 1. The van der Waals surface area contributed by atoms with E-state index in [0.717, 1.165) is 17.0 Å². The molecular weight excluding hydrogens is 356 g/mol. The summed E-state index contributed by atoms with van der Waals surface area (Å²) in [4.78, 5) is 27.4. The van der Waals surface area contributed by atoms with E-state index in [1.807, 2.05) is 0 Å². The molecule has 0 aliphatic carbocycles. The molecule has 24 heavy (non-hydrogen) atoms. The van der Waals surface area contributed by atoms with E-state index < -0.39 is 16.4 Å². The number of nitro groups is 1. The van der Waals surface area contributed by atoms with Crippen molar-refractivity contribution in [1.29, 1.82) is 0 Å². The summed E-state index contributed by atoms with van der Waals surface area (Å²) in [5.41, 5.74) is -0.892. The van der Waals surface area contributed by atoms with E-state index in [1.54, 1.807) is 18.4 Å². The Morgan fingerprint density at radius 1 is 1.50 bits per heavy atom. The second kappa shape index (κ2) is 6.02. The van der Waals surface area contributed by atoms with Gasteiger partial charge in [0.1, 0.15) is 10.7 Å². The number of fused-ring (bicyclic) bond motifs is 1. The third-order valence-electron chi connectivity index (χ3n) is 3.23. The van der Waals surface area contributed by atoms with E-state index in [1.165, 1.54) is 17.4 Å². The first-order valence-corrected chi connectivity index (χ1v) is 7.82. The quantitative estimate of drug-likeness (QED) is 0.436. The van der Waals surface area contributed by atoms with Crippen LogP contribution in [0.3, 0.4) is 0 Å². The molecule has 3 rings (SSSR count). The van der Waals surface area contributed by atoms with Crippen LogP contribution in [0.2, 0.25) is 5.02 Å². The second-order valence-electron chi connectivity index (χ2n) is 4.78. The van der Waals surface area contributed by atoms with Gasteiger partial charge >= 0.3 is 5.69 Å². The van der Waals surface area contributed by atoms with Gasteiger partial charge in [-0.15, -0.1) is 11.3 Å². The van der Waals surface area contributed by atoms with Crippen molar-refractivity contribution < 1.29 is 10.0 Å². The van der Waals surface area contributed by atoms with Crippen LogP contribution < -0.4 is 5.56 Å². The van der Waals surface area contributed by atoms with Gasteiger partial charge in [-0.3, -0.25) is 14.9 Å². The normalized spacial score (nSPS) is 11.4. The Hall–Kier alpha value is -2.78. The van der Waals surface area contributed by atoms with E-state index in [-0.39, 0.29) is 16.1 Å². The molecule has 10 heteroatoms. The Balaban J connectivity index is 2.13. The van der Waals surface area contributed by atoms with Crippen LogP contribution in [0.4, 0.5) is 5.69 Å². The topological polar surface area (TPSA) is 111 Å². The molecule has 0 fully saturated rings. The van der Waals surface area contributed by atoms with Crippen molar-refractivity contribution in [2.45, 2.75) is 6.92 Å². The highest BCUT2D eigenvalue weighted by molar-refractivity contribution is 7.16. The summed E-state index contributed by atoms with van der Waals surface area (Å²) in [6.45, 7) is 1.61. The van der Waals surface area contributed by atoms with Crippen LogP contribution >= 0.6 is 22.9 Å². The number of aromatic nitrogens is 2. The average Bonchev–Trinajstić information content (AvgIpc) is 2.98. The van der Waals surface area contributed by atoms with Crippen molar-refractivity contribution in [3.8, 4) is 5.75 Å². The number of phenolic OH excluding ortho intramolecular Hbond substituents is 1. The van der Waals surface area contributed by atoms with Gasteiger partial charge < -0.3 is 5.11 Å². The van der Waals surface area contributed by atoms with Crippen LogP contribution in [0.1, 0.15) is 11.4 Å². The Kier molecular flexibility index (Phi) is 4.04. The predicted molar refractivity (Wildman–Crippen MR) is 91.4 cm³/mol. The largest absolute Gasteiger partial charge is 0.502 e. The van der Waals surface area contributed by atoms with Gasteiger partial charge in [-0.05, 0) is 24.4 Å². The number of rotatable bonds is 3. The maximum absolute atomic E-state index is 12.4. The van der Waals surface area contributed by atoms with Gasteiger partial charge in [0.05, 0.1) is 16.5 Å². The van der Waals surface area contributed by atoms with Crippen LogP contribution in [0.5, 0.6) is 5.75 Å². The molecule has 0 amide bonds. The maximum Gasteiger partial charge on any atom is 0.312 e. The molecule has 0 saturated carbocycles. The highest BCUT2D eigenvalue weighted by Gasteiger charge is 2.18. The lowest BCUT2D eigenvalue weighted by atomic mass is 10.2. The Morgan fingerprint density at radius 2 is 2.25 bits per heavy atom. The summed E-state index contributed by atoms with van der Waals surface area (Å²) < 4.78 is 1.06. The van der Waals surface area contributed by atoms with E-state index in [9.17, 15) is 20.0 Å². The first-order valence-electron chi connectivity index (χ1n) is 6.56. The fourth-order valence-electron chi connectivity index (χ4n) is 2.10. The number of nitrogens with zero attached hydrogens (tertiary/aromatic N) is 4. The molecule has 2 heterocycles. The molecule has 2 aromatic heterocycles. The molecule has 3 aromatic rings. The third-order valence-corrected chi connectivity index (χ3v) is 4.26. The number of phenols is 1. The monoisotopic (exact) mass is 364 g/mol. The lowest BCUT2D eigenvalue weighted by Gasteiger charge is -2.04. The highest BCUT2D eigenvalue weighted by atomic mass is 35.5. The number of nitro benzene ring substituents is 1. The molecular formula is C14H9ClN4O4S. The fraction of sp³-hybridized carbons (Fsp3) is 0.0714. The number of thiophene rings is 1. The number of benzene rings is 1. The van der Waals surface area contributed by atoms with Gasteiger partial charge in [0.25, 0.3) is 5.56 Å². The van der Waals surface area contributed by atoms with Crippen molar-refractivity contribution in [2.75, 3.05) is 0 Å². The Labute approximate surface area is 143 Å². The molecule has 122 valence electrons. The summed E-state index contributed by atoms with van der Waals surface area (Å²) in [5, 5.41) is 27.1. The molecule has 0 spiro atoms. The minimum Gasteiger partial charge on any atom is -0.502 e. The fourth-order valence-corrected chi connectivity index (χ4v) is 3.13. The van der Waals surface area contributed by atoms with Crippen LogP contribution in [0.15, 0.2) is 33.5 Å². The van der Waals surface area contributed by atoms with Crippen molar-refractivity contribution in [3.05, 3.63) is 60.5 Å². The zero-order valence-electron chi connectivity index (χ0n) is 12.1. The Morgan fingerprint density at radius 3 is 2.96 bits per heavy atom. The third kappa shape index (κ3) is 2.74. The summed E-state index contributed by atoms with van der Waals surface area (Å²) >= 11 is 7.16. The van der Waals surface area contributed by atoms with E-state index in [2.05, 4.69) is 10.1 Å². The van der Waals surface area contributed by atoms with Gasteiger partial charge in [0, 0.05) is 16.7 Å². The summed E-state index contributed by atoms with van der Waals surface area (Å²) in [6, 6.07) is 3.98. The van der Waals surface area contributed by atoms with Crippen LogP contribution in [-0.4, -0.2) is 25.9 Å². The SMILES string of the molecule is Cc1nc2sccc2c(=O)n1/N=C/c1cc(Cl)cc([N+](=O)[O-])c1O. The first-order chi connectivity index (χ1) is 11.4. The second-order valence-corrected chi connectivity index (χ2v) is 6.11. The van der Waals surface area contributed by atoms with Crippen molar-refractivity contribution in [3.63, 3.8) is 0 Å². The molecule has 0 saturated heterocycles. The van der Waals surface area contributed by atoms with Gasteiger partial charge in [0.15, 0.2) is 0 Å². The van der Waals surface area contributed by atoms with E-state index >= 15 is 0 Å². The number of hydrogen-bond donors (Lipinski definition) is 1. The molecule has 8 nitrogen and oxygen atoms in total. The summed E-state index contributed by atoms with van der Waals surface area (Å²) in [6.07, 6.45) is 1.13. The van der Waals surface area contributed by atoms with E-state index in [0.29, 0.717) is 16.0 Å². The molecule has 0 radical (unpaired) electrons. The van der Waals surface area contributed by atoms with Crippen molar-refractivity contribution in [2.24, 2.45) is 5.10 Å². The molecule has 1 aromatic carbocycles. The number of aromatic hydroxyl groups is 1. The molecule has 0 aliphatic heterocycles. The minimum atomic E-state index is -0.755. The van der Waals surface area contributed by atoms with Gasteiger partial charge in [-0.25, -0.2) is 4.98 Å². The standard InChI is InChI=1S/C14H9ClN4O4S/c1-7-17-13-10(2-3-24-13)14(21)18(7)16-6-8-4-9(15)5-11(12(8)20)19(22)23/h2-6,20H,1H3/b16-6+. The molecule has 0 aliphatic rings. The van der Waals surface area contributed by atoms with E-state index in [4.69, 9.17) is 11.6 Å².